The van der Waals surface area contributed by atoms with Crippen molar-refractivity contribution in [3.05, 3.63) is 30.1 Å². The first-order chi connectivity index (χ1) is 12.3. The largest absolute Gasteiger partial charge is 0.354 e. The number of hydrogen-bond acceptors (Lipinski definition) is 4. The molecule has 2 heterocycles. The number of nitrogens with one attached hydrogen (secondary N) is 3. The first-order valence-electron chi connectivity index (χ1n) is 9.28. The molecule has 1 aromatic rings. The molecule has 7 nitrogen and oxygen atoms in total. The van der Waals surface area contributed by atoms with Crippen LogP contribution in [0.5, 0.6) is 0 Å². The molecule has 0 radical (unpaired) electrons. The van der Waals surface area contributed by atoms with Crippen molar-refractivity contribution in [1.29, 1.82) is 0 Å². The highest BCUT2D eigenvalue weighted by Crippen LogP contribution is 2.13. The number of likely N-dealkylation sites (tertiary alicyclic amines) is 1. The molecule has 144 valence electrons. The standard InChI is InChI=1S/C19H31N5O2/c1-19(2,3)17(25)21-10-11-22-18(26)23-16-6-12-24(13-7-16)14-15-4-8-20-9-5-15/h4-5,8-9,16H,6-7,10-14H2,1-3H3,(H,21,25)(H2,22,23,26). The van der Waals surface area contributed by atoms with Gasteiger partial charge in [-0.3, -0.25) is 14.7 Å². The molecule has 0 bridgehead atoms. The molecule has 1 aliphatic heterocycles. The van der Waals surface area contributed by atoms with Crippen LogP contribution in [0.2, 0.25) is 0 Å². The minimum absolute atomic E-state index is 0.0127. The minimum atomic E-state index is -0.410. The summed E-state index contributed by atoms with van der Waals surface area (Å²) in [5, 5.41) is 8.64. The lowest BCUT2D eigenvalue weighted by Crippen LogP contribution is -2.49. The number of urea groups is 1. The van der Waals surface area contributed by atoms with Gasteiger partial charge in [-0.15, -0.1) is 0 Å². The number of hydrogen-bond donors (Lipinski definition) is 3. The molecule has 1 fully saturated rings. The monoisotopic (exact) mass is 361 g/mol. The number of nitrogens with zero attached hydrogens (tertiary/aromatic N) is 2. The molecular formula is C19H31N5O2. The Bertz CT molecular complexity index is 577. The number of pyridine rings is 1. The molecule has 26 heavy (non-hydrogen) atoms. The van der Waals surface area contributed by atoms with E-state index in [1.807, 2.05) is 45.3 Å². The van der Waals surface area contributed by atoms with Gasteiger partial charge in [-0.1, -0.05) is 20.8 Å². The van der Waals surface area contributed by atoms with E-state index in [1.54, 1.807) is 0 Å². The van der Waals surface area contributed by atoms with E-state index in [1.165, 1.54) is 5.56 Å². The molecule has 2 rings (SSSR count). The molecule has 1 saturated heterocycles. The van der Waals surface area contributed by atoms with Crippen molar-refractivity contribution >= 4 is 11.9 Å². The quantitative estimate of drug-likeness (QED) is 0.671. The Hall–Kier alpha value is -2.15. The van der Waals surface area contributed by atoms with Crippen molar-refractivity contribution in [2.75, 3.05) is 26.2 Å². The van der Waals surface area contributed by atoms with Crippen molar-refractivity contribution in [2.45, 2.75) is 46.2 Å². The van der Waals surface area contributed by atoms with Gasteiger partial charge in [0.05, 0.1) is 0 Å². The average Bonchev–Trinajstić information content (AvgIpc) is 2.60. The fourth-order valence-electron chi connectivity index (χ4n) is 2.84. The number of aromatic nitrogens is 1. The van der Waals surface area contributed by atoms with Crippen LogP contribution in [-0.2, 0) is 11.3 Å². The van der Waals surface area contributed by atoms with E-state index in [9.17, 15) is 9.59 Å². The summed E-state index contributed by atoms with van der Waals surface area (Å²) < 4.78 is 0. The maximum absolute atomic E-state index is 12.0. The van der Waals surface area contributed by atoms with Crippen molar-refractivity contribution in [3.8, 4) is 0 Å². The molecule has 0 spiro atoms. The van der Waals surface area contributed by atoms with Crippen LogP contribution in [0.1, 0.15) is 39.2 Å². The van der Waals surface area contributed by atoms with Gasteiger partial charge in [0, 0.05) is 56.6 Å². The SMILES string of the molecule is CC(C)(C)C(=O)NCCNC(=O)NC1CCN(Cc2ccncc2)CC1. The Morgan fingerprint density at radius 1 is 1.12 bits per heavy atom. The Labute approximate surface area is 155 Å². The van der Waals surface area contributed by atoms with Crippen molar-refractivity contribution < 1.29 is 9.59 Å². The van der Waals surface area contributed by atoms with Crippen molar-refractivity contribution in [2.24, 2.45) is 5.41 Å². The summed E-state index contributed by atoms with van der Waals surface area (Å²) in [5.74, 6) is -0.0127. The maximum atomic E-state index is 12.0. The van der Waals surface area contributed by atoms with Gasteiger partial charge in [-0.25, -0.2) is 4.79 Å². The fourth-order valence-corrected chi connectivity index (χ4v) is 2.84. The van der Waals surface area contributed by atoms with Gasteiger partial charge in [-0.2, -0.15) is 0 Å². The number of carbonyl (C=O) groups excluding carboxylic acids is 2. The van der Waals surface area contributed by atoms with E-state index in [0.717, 1.165) is 32.5 Å². The van der Waals surface area contributed by atoms with E-state index >= 15 is 0 Å². The van der Waals surface area contributed by atoms with Crippen LogP contribution < -0.4 is 16.0 Å². The van der Waals surface area contributed by atoms with Crippen LogP contribution in [0.3, 0.4) is 0 Å². The second-order valence-corrected chi connectivity index (χ2v) is 7.81. The lowest BCUT2D eigenvalue weighted by molar-refractivity contribution is -0.128. The van der Waals surface area contributed by atoms with Gasteiger partial charge in [-0.05, 0) is 30.5 Å². The van der Waals surface area contributed by atoms with E-state index in [2.05, 4.69) is 25.8 Å². The Kier molecular flexibility index (Phi) is 7.38. The van der Waals surface area contributed by atoms with Crippen molar-refractivity contribution in [3.63, 3.8) is 0 Å². The first kappa shape index (κ1) is 20.2. The molecule has 1 aromatic heterocycles. The summed E-state index contributed by atoms with van der Waals surface area (Å²) in [6, 6.07) is 4.11. The number of amides is 3. The predicted molar refractivity (Wildman–Crippen MR) is 102 cm³/mol. The molecule has 0 aliphatic carbocycles. The normalized spacial score (nSPS) is 16.1. The molecule has 3 N–H and O–H groups in total. The molecule has 0 atom stereocenters. The Balaban J connectivity index is 1.58. The van der Waals surface area contributed by atoms with Crippen LogP contribution in [0.25, 0.3) is 0 Å². The van der Waals surface area contributed by atoms with Crippen LogP contribution >= 0.6 is 0 Å². The van der Waals surface area contributed by atoms with Crippen LogP contribution in [0, 0.1) is 5.41 Å². The molecule has 7 heteroatoms. The third kappa shape index (κ3) is 7.00. The van der Waals surface area contributed by atoms with Crippen molar-refractivity contribution in [1.82, 2.24) is 25.8 Å². The Morgan fingerprint density at radius 3 is 2.35 bits per heavy atom. The van der Waals surface area contributed by atoms with Gasteiger partial charge in [0.1, 0.15) is 0 Å². The third-order valence-electron chi connectivity index (χ3n) is 4.46. The molecule has 0 saturated carbocycles. The maximum Gasteiger partial charge on any atom is 0.315 e. The zero-order valence-electron chi connectivity index (χ0n) is 16.0. The van der Waals surface area contributed by atoms with Gasteiger partial charge in [0.15, 0.2) is 0 Å². The molecule has 0 unspecified atom stereocenters. The van der Waals surface area contributed by atoms with Crippen LogP contribution in [0.15, 0.2) is 24.5 Å². The van der Waals surface area contributed by atoms with Gasteiger partial charge in [0.25, 0.3) is 0 Å². The summed E-state index contributed by atoms with van der Waals surface area (Å²) in [4.78, 5) is 30.1. The number of rotatable bonds is 6. The summed E-state index contributed by atoms with van der Waals surface area (Å²) >= 11 is 0. The zero-order chi connectivity index (χ0) is 19.0. The molecule has 3 amide bonds. The summed E-state index contributed by atoms with van der Waals surface area (Å²) in [5.41, 5.74) is 0.855. The van der Waals surface area contributed by atoms with Gasteiger partial charge in [0.2, 0.25) is 5.91 Å². The van der Waals surface area contributed by atoms with Gasteiger partial charge < -0.3 is 16.0 Å². The topological polar surface area (TPSA) is 86.4 Å². The second-order valence-electron chi connectivity index (χ2n) is 7.81. The lowest BCUT2D eigenvalue weighted by atomic mass is 9.96. The highest BCUT2D eigenvalue weighted by atomic mass is 16.2. The predicted octanol–water partition coefficient (Wildman–Crippen LogP) is 1.51. The zero-order valence-corrected chi connectivity index (χ0v) is 16.0. The van der Waals surface area contributed by atoms with E-state index in [-0.39, 0.29) is 18.0 Å². The van der Waals surface area contributed by atoms with E-state index in [4.69, 9.17) is 0 Å². The summed E-state index contributed by atoms with van der Waals surface area (Å²) in [6.45, 7) is 9.32. The molecule has 0 aromatic carbocycles. The van der Waals surface area contributed by atoms with Gasteiger partial charge >= 0.3 is 6.03 Å². The number of carbonyl (C=O) groups is 2. The lowest BCUT2D eigenvalue weighted by Gasteiger charge is -2.32. The second kappa shape index (κ2) is 9.52. The minimum Gasteiger partial charge on any atom is -0.354 e. The highest BCUT2D eigenvalue weighted by molar-refractivity contribution is 5.81. The van der Waals surface area contributed by atoms with E-state index < -0.39 is 5.41 Å². The smallest absolute Gasteiger partial charge is 0.315 e. The van der Waals surface area contributed by atoms with E-state index in [0.29, 0.717) is 13.1 Å². The molecule has 1 aliphatic rings. The summed E-state index contributed by atoms with van der Waals surface area (Å²) in [7, 11) is 0. The number of piperidine rings is 1. The van der Waals surface area contributed by atoms with Crippen LogP contribution in [0.4, 0.5) is 4.79 Å². The average molecular weight is 361 g/mol. The first-order valence-corrected chi connectivity index (χ1v) is 9.28. The van der Waals surface area contributed by atoms with Crippen LogP contribution in [-0.4, -0.2) is 54.0 Å². The Morgan fingerprint density at radius 2 is 1.73 bits per heavy atom. The fraction of sp³-hybridized carbons (Fsp3) is 0.632. The third-order valence-corrected chi connectivity index (χ3v) is 4.46. The molecular weight excluding hydrogens is 330 g/mol. The summed E-state index contributed by atoms with van der Waals surface area (Å²) in [6.07, 6.45) is 5.52. The highest BCUT2D eigenvalue weighted by Gasteiger charge is 2.21.